The van der Waals surface area contributed by atoms with E-state index in [9.17, 15) is 19.8 Å². The number of phenolic OH excluding ortho intramolecular Hbond substituents is 2. The Morgan fingerprint density at radius 3 is 2.10 bits per heavy atom. The highest BCUT2D eigenvalue weighted by Gasteiger charge is 2.11. The molecular formula is C15H13NO4. The fourth-order valence-corrected chi connectivity index (χ4v) is 1.71. The summed E-state index contributed by atoms with van der Waals surface area (Å²) in [5.74, 6) is -1.20. The van der Waals surface area contributed by atoms with Gasteiger partial charge in [0, 0.05) is 17.2 Å². The summed E-state index contributed by atoms with van der Waals surface area (Å²) >= 11 is 0. The van der Waals surface area contributed by atoms with Gasteiger partial charge in [0.2, 0.25) is 0 Å². The van der Waals surface area contributed by atoms with Gasteiger partial charge in [-0.05, 0) is 12.1 Å². The molecule has 0 fully saturated rings. The number of nitrogens with one attached hydrogen (secondary N) is 1. The summed E-state index contributed by atoms with van der Waals surface area (Å²) in [4.78, 5) is 23.6. The Morgan fingerprint density at radius 2 is 1.50 bits per heavy atom. The van der Waals surface area contributed by atoms with E-state index in [2.05, 4.69) is 5.32 Å². The Labute approximate surface area is 115 Å². The molecule has 3 N–H and O–H groups in total. The second-order valence-electron chi connectivity index (χ2n) is 4.21. The number of Topliss-reactive ketones (excluding diaryl/α,β-unsaturated/α-hetero) is 1. The molecule has 2 aromatic carbocycles. The lowest BCUT2D eigenvalue weighted by Crippen LogP contribution is -2.29. The number of benzene rings is 2. The molecule has 0 aliphatic heterocycles. The highest BCUT2D eigenvalue weighted by molar-refractivity contribution is 6.02. The molecule has 1 amide bonds. The van der Waals surface area contributed by atoms with E-state index in [-0.39, 0.29) is 29.4 Å². The van der Waals surface area contributed by atoms with Crippen molar-refractivity contribution in [1.82, 2.24) is 5.32 Å². The molecule has 0 aliphatic rings. The molecule has 102 valence electrons. The molecule has 0 saturated heterocycles. The van der Waals surface area contributed by atoms with Crippen molar-refractivity contribution in [2.75, 3.05) is 6.54 Å². The van der Waals surface area contributed by atoms with Crippen LogP contribution in [0, 0.1) is 0 Å². The summed E-state index contributed by atoms with van der Waals surface area (Å²) in [7, 11) is 0. The fourth-order valence-electron chi connectivity index (χ4n) is 1.71. The first-order valence-corrected chi connectivity index (χ1v) is 5.96. The molecule has 0 aliphatic carbocycles. The summed E-state index contributed by atoms with van der Waals surface area (Å²) < 4.78 is 0. The minimum atomic E-state index is -0.541. The molecule has 5 nitrogen and oxygen atoms in total. The average molecular weight is 271 g/mol. The van der Waals surface area contributed by atoms with Crippen LogP contribution in [-0.2, 0) is 0 Å². The second kappa shape index (κ2) is 5.88. The summed E-state index contributed by atoms with van der Waals surface area (Å²) in [5, 5.41) is 21.0. The third-order valence-corrected chi connectivity index (χ3v) is 2.67. The van der Waals surface area contributed by atoms with Gasteiger partial charge >= 0.3 is 0 Å². The van der Waals surface area contributed by atoms with Crippen molar-refractivity contribution in [3.8, 4) is 11.5 Å². The van der Waals surface area contributed by atoms with Crippen LogP contribution in [0.25, 0.3) is 0 Å². The van der Waals surface area contributed by atoms with Crippen molar-refractivity contribution < 1.29 is 19.8 Å². The monoisotopic (exact) mass is 271 g/mol. The Morgan fingerprint density at radius 1 is 0.900 bits per heavy atom. The highest BCUT2D eigenvalue weighted by Crippen LogP contribution is 2.20. The van der Waals surface area contributed by atoms with Crippen LogP contribution in [0.4, 0.5) is 0 Å². The molecule has 0 saturated carbocycles. The van der Waals surface area contributed by atoms with Gasteiger partial charge in [-0.1, -0.05) is 30.3 Å². The van der Waals surface area contributed by atoms with E-state index in [4.69, 9.17) is 0 Å². The van der Waals surface area contributed by atoms with Gasteiger partial charge in [0.05, 0.1) is 6.54 Å². The summed E-state index contributed by atoms with van der Waals surface area (Å²) in [5.41, 5.74) is 0.593. The van der Waals surface area contributed by atoms with Gasteiger partial charge < -0.3 is 15.5 Å². The summed E-state index contributed by atoms with van der Waals surface area (Å²) in [6.45, 7) is -0.154. The van der Waals surface area contributed by atoms with Crippen LogP contribution in [0.5, 0.6) is 11.5 Å². The van der Waals surface area contributed by atoms with E-state index in [0.29, 0.717) is 5.56 Å². The van der Waals surface area contributed by atoms with E-state index in [1.807, 2.05) is 0 Å². The molecule has 0 heterocycles. The van der Waals surface area contributed by atoms with Gasteiger partial charge in [0.15, 0.2) is 5.78 Å². The van der Waals surface area contributed by atoms with Crippen molar-refractivity contribution in [2.24, 2.45) is 0 Å². The SMILES string of the molecule is O=C(CNC(=O)c1cc(O)cc(O)c1)c1ccccc1. The number of amides is 1. The molecule has 0 atom stereocenters. The maximum atomic E-state index is 11.8. The Kier molecular flexibility index (Phi) is 4.00. The lowest BCUT2D eigenvalue weighted by molar-refractivity contribution is 0.0903. The minimum absolute atomic E-state index is 0.0864. The lowest BCUT2D eigenvalue weighted by Gasteiger charge is -2.06. The molecular weight excluding hydrogens is 258 g/mol. The molecule has 0 aromatic heterocycles. The lowest BCUT2D eigenvalue weighted by atomic mass is 10.1. The molecule has 5 heteroatoms. The Hall–Kier alpha value is -2.82. The maximum absolute atomic E-state index is 11.8. The number of rotatable bonds is 4. The zero-order valence-electron chi connectivity index (χ0n) is 10.5. The van der Waals surface area contributed by atoms with Crippen molar-refractivity contribution in [1.29, 1.82) is 0 Å². The van der Waals surface area contributed by atoms with Gasteiger partial charge in [-0.25, -0.2) is 0 Å². The van der Waals surface area contributed by atoms with Crippen LogP contribution in [0.2, 0.25) is 0 Å². The van der Waals surface area contributed by atoms with Crippen molar-refractivity contribution >= 4 is 11.7 Å². The molecule has 0 unspecified atom stereocenters. The van der Waals surface area contributed by atoms with Gasteiger partial charge in [-0.15, -0.1) is 0 Å². The highest BCUT2D eigenvalue weighted by atomic mass is 16.3. The maximum Gasteiger partial charge on any atom is 0.251 e. The summed E-state index contributed by atoms with van der Waals surface area (Å²) in [6.07, 6.45) is 0. The van der Waals surface area contributed by atoms with E-state index in [1.165, 1.54) is 12.1 Å². The molecule has 0 bridgehead atoms. The number of hydrogen-bond donors (Lipinski definition) is 3. The molecule has 20 heavy (non-hydrogen) atoms. The zero-order valence-corrected chi connectivity index (χ0v) is 10.5. The predicted molar refractivity (Wildman–Crippen MR) is 72.9 cm³/mol. The topological polar surface area (TPSA) is 86.6 Å². The number of aromatic hydroxyl groups is 2. The van der Waals surface area contributed by atoms with Gasteiger partial charge in [0.1, 0.15) is 11.5 Å². The van der Waals surface area contributed by atoms with Crippen LogP contribution in [0.3, 0.4) is 0 Å². The molecule has 2 rings (SSSR count). The largest absolute Gasteiger partial charge is 0.508 e. The summed E-state index contributed by atoms with van der Waals surface area (Å²) in [6, 6.07) is 12.1. The van der Waals surface area contributed by atoms with Gasteiger partial charge in [0.25, 0.3) is 5.91 Å². The smallest absolute Gasteiger partial charge is 0.251 e. The zero-order chi connectivity index (χ0) is 14.5. The normalized spacial score (nSPS) is 10.0. The first kappa shape index (κ1) is 13.6. The quantitative estimate of drug-likeness (QED) is 0.739. The molecule has 2 aromatic rings. The van der Waals surface area contributed by atoms with Crippen LogP contribution < -0.4 is 5.32 Å². The van der Waals surface area contributed by atoms with E-state index in [0.717, 1.165) is 6.07 Å². The van der Waals surface area contributed by atoms with Crippen molar-refractivity contribution in [3.05, 3.63) is 59.7 Å². The van der Waals surface area contributed by atoms with Crippen LogP contribution in [-0.4, -0.2) is 28.4 Å². The van der Waals surface area contributed by atoms with Crippen LogP contribution in [0.1, 0.15) is 20.7 Å². The third-order valence-electron chi connectivity index (χ3n) is 2.67. The first-order chi connectivity index (χ1) is 9.56. The number of carbonyl (C=O) groups excluding carboxylic acids is 2. The van der Waals surface area contributed by atoms with Crippen molar-refractivity contribution in [2.45, 2.75) is 0 Å². The van der Waals surface area contributed by atoms with Crippen LogP contribution >= 0.6 is 0 Å². The number of hydrogen-bond acceptors (Lipinski definition) is 4. The Balaban J connectivity index is 2.00. The number of phenols is 2. The van der Waals surface area contributed by atoms with E-state index in [1.54, 1.807) is 30.3 Å². The van der Waals surface area contributed by atoms with E-state index < -0.39 is 5.91 Å². The predicted octanol–water partition coefficient (Wildman–Crippen LogP) is 1.71. The average Bonchev–Trinajstić information content (AvgIpc) is 2.44. The first-order valence-electron chi connectivity index (χ1n) is 5.96. The number of carbonyl (C=O) groups is 2. The second-order valence-corrected chi connectivity index (χ2v) is 4.21. The van der Waals surface area contributed by atoms with Crippen molar-refractivity contribution in [3.63, 3.8) is 0 Å². The third kappa shape index (κ3) is 3.35. The molecule has 0 radical (unpaired) electrons. The van der Waals surface area contributed by atoms with E-state index >= 15 is 0 Å². The standard InChI is InChI=1S/C15H13NO4/c17-12-6-11(7-13(18)8-12)15(20)16-9-14(19)10-4-2-1-3-5-10/h1-8,17-18H,9H2,(H,16,20). The molecule has 0 spiro atoms. The van der Waals surface area contributed by atoms with Gasteiger partial charge in [-0.2, -0.15) is 0 Å². The minimum Gasteiger partial charge on any atom is -0.508 e. The Bertz CT molecular complexity index is 617. The number of ketones is 1. The van der Waals surface area contributed by atoms with Gasteiger partial charge in [-0.3, -0.25) is 9.59 Å². The van der Waals surface area contributed by atoms with Crippen LogP contribution in [0.15, 0.2) is 48.5 Å². The fraction of sp³-hybridized carbons (Fsp3) is 0.0667.